The van der Waals surface area contributed by atoms with Gasteiger partial charge in [-0.05, 0) is 29.8 Å². The number of ether oxygens (including phenoxy) is 3. The topological polar surface area (TPSA) is 68.8 Å². The highest BCUT2D eigenvalue weighted by molar-refractivity contribution is 5.95. The molecule has 1 heterocycles. The van der Waals surface area contributed by atoms with Crippen LogP contribution in [-0.4, -0.2) is 32.3 Å². The number of methoxy groups -OCH3 is 1. The van der Waals surface area contributed by atoms with Crippen molar-refractivity contribution in [2.75, 3.05) is 25.6 Å². The third-order valence-corrected chi connectivity index (χ3v) is 4.85. The van der Waals surface area contributed by atoms with Crippen molar-refractivity contribution in [3.63, 3.8) is 0 Å². The second kappa shape index (κ2) is 9.33. The van der Waals surface area contributed by atoms with Crippen LogP contribution in [-0.2, 0) is 4.79 Å². The molecule has 1 aliphatic rings. The average molecular weight is 404 g/mol. The molecule has 3 aromatic rings. The molecular formula is C24H24N2O4. The maximum absolute atomic E-state index is 13.1. The Hall–Kier alpha value is -3.51. The van der Waals surface area contributed by atoms with Gasteiger partial charge in [-0.3, -0.25) is 10.1 Å². The van der Waals surface area contributed by atoms with E-state index in [-0.39, 0.29) is 12.0 Å². The summed E-state index contributed by atoms with van der Waals surface area (Å²) < 4.78 is 17.0. The monoisotopic (exact) mass is 404 g/mol. The molecular weight excluding hydrogens is 380 g/mol. The Kier molecular flexibility index (Phi) is 6.15. The van der Waals surface area contributed by atoms with E-state index in [1.165, 1.54) is 0 Å². The van der Waals surface area contributed by atoms with Crippen LogP contribution in [0.3, 0.4) is 0 Å². The molecule has 2 N–H and O–H groups in total. The molecule has 1 aliphatic heterocycles. The summed E-state index contributed by atoms with van der Waals surface area (Å²) in [5.41, 5.74) is 1.54. The van der Waals surface area contributed by atoms with Crippen molar-refractivity contribution in [3.05, 3.63) is 84.4 Å². The van der Waals surface area contributed by atoms with Crippen LogP contribution in [0.25, 0.3) is 0 Å². The molecule has 0 spiro atoms. The SMILES string of the molecule is COc1cccc(NC(=O)C(NCC2COc3ccccc3O2)c2ccccc2)c1. The van der Waals surface area contributed by atoms with Gasteiger partial charge in [0.05, 0.1) is 7.11 Å². The molecule has 4 rings (SSSR count). The highest BCUT2D eigenvalue weighted by Gasteiger charge is 2.25. The summed E-state index contributed by atoms with van der Waals surface area (Å²) in [4.78, 5) is 13.1. The molecule has 154 valence electrons. The van der Waals surface area contributed by atoms with Crippen molar-refractivity contribution in [1.29, 1.82) is 0 Å². The number of nitrogens with one attached hydrogen (secondary N) is 2. The quantitative estimate of drug-likeness (QED) is 0.627. The van der Waals surface area contributed by atoms with E-state index >= 15 is 0 Å². The lowest BCUT2D eigenvalue weighted by Gasteiger charge is -2.28. The van der Waals surface area contributed by atoms with Crippen LogP contribution in [0.15, 0.2) is 78.9 Å². The minimum Gasteiger partial charge on any atom is -0.497 e. The fourth-order valence-corrected chi connectivity index (χ4v) is 3.34. The van der Waals surface area contributed by atoms with E-state index < -0.39 is 6.04 Å². The number of carbonyl (C=O) groups is 1. The van der Waals surface area contributed by atoms with Gasteiger partial charge in [0.25, 0.3) is 0 Å². The third-order valence-electron chi connectivity index (χ3n) is 4.85. The first-order valence-corrected chi connectivity index (χ1v) is 9.84. The van der Waals surface area contributed by atoms with Gasteiger partial charge in [0.15, 0.2) is 11.5 Å². The smallest absolute Gasteiger partial charge is 0.246 e. The van der Waals surface area contributed by atoms with Crippen LogP contribution in [0.2, 0.25) is 0 Å². The van der Waals surface area contributed by atoms with E-state index in [2.05, 4.69) is 10.6 Å². The Morgan fingerprint density at radius 1 is 1.03 bits per heavy atom. The summed E-state index contributed by atoms with van der Waals surface area (Å²) in [5.74, 6) is 1.98. The molecule has 0 aromatic heterocycles. The van der Waals surface area contributed by atoms with E-state index in [9.17, 15) is 4.79 Å². The van der Waals surface area contributed by atoms with Gasteiger partial charge in [0.2, 0.25) is 5.91 Å². The van der Waals surface area contributed by atoms with Crippen LogP contribution in [0, 0.1) is 0 Å². The minimum atomic E-state index is -0.543. The number of amides is 1. The van der Waals surface area contributed by atoms with E-state index in [1.54, 1.807) is 13.2 Å². The largest absolute Gasteiger partial charge is 0.497 e. The van der Waals surface area contributed by atoms with Crippen molar-refractivity contribution >= 4 is 11.6 Å². The molecule has 0 saturated heterocycles. The molecule has 0 radical (unpaired) electrons. The molecule has 0 saturated carbocycles. The first kappa shape index (κ1) is 19.8. The van der Waals surface area contributed by atoms with Gasteiger partial charge in [0.1, 0.15) is 24.5 Å². The van der Waals surface area contributed by atoms with Crippen molar-refractivity contribution in [3.8, 4) is 17.2 Å². The summed E-state index contributed by atoms with van der Waals surface area (Å²) in [5, 5.41) is 6.30. The zero-order chi connectivity index (χ0) is 20.8. The number of anilines is 1. The zero-order valence-electron chi connectivity index (χ0n) is 16.7. The Labute approximate surface area is 175 Å². The van der Waals surface area contributed by atoms with Crippen molar-refractivity contribution in [1.82, 2.24) is 5.32 Å². The molecule has 1 amide bonds. The predicted molar refractivity (Wildman–Crippen MR) is 115 cm³/mol. The van der Waals surface area contributed by atoms with E-state index in [1.807, 2.05) is 72.8 Å². The summed E-state index contributed by atoms with van der Waals surface area (Å²) in [6.07, 6.45) is -0.198. The van der Waals surface area contributed by atoms with Crippen molar-refractivity contribution in [2.45, 2.75) is 12.1 Å². The molecule has 30 heavy (non-hydrogen) atoms. The van der Waals surface area contributed by atoms with Crippen molar-refractivity contribution in [2.24, 2.45) is 0 Å². The maximum atomic E-state index is 13.1. The Bertz CT molecular complexity index is 993. The number of carbonyl (C=O) groups excluding carboxylic acids is 1. The Morgan fingerprint density at radius 3 is 2.60 bits per heavy atom. The number of hydrogen-bond acceptors (Lipinski definition) is 5. The van der Waals surface area contributed by atoms with Crippen LogP contribution >= 0.6 is 0 Å². The molecule has 2 atom stereocenters. The summed E-state index contributed by atoms with van der Waals surface area (Å²) in [7, 11) is 1.60. The lowest BCUT2D eigenvalue weighted by molar-refractivity contribution is -0.118. The fraction of sp³-hybridized carbons (Fsp3) is 0.208. The Balaban J connectivity index is 1.46. The zero-order valence-corrected chi connectivity index (χ0v) is 16.7. The number of hydrogen-bond donors (Lipinski definition) is 2. The molecule has 0 bridgehead atoms. The summed E-state index contributed by atoms with van der Waals surface area (Å²) in [6, 6.07) is 23.9. The number of rotatable bonds is 7. The number of fused-ring (bicyclic) bond motifs is 1. The molecule has 6 heteroatoms. The highest BCUT2D eigenvalue weighted by Crippen LogP contribution is 2.31. The van der Waals surface area contributed by atoms with Crippen LogP contribution in [0.5, 0.6) is 17.2 Å². The molecule has 0 aliphatic carbocycles. The molecule has 3 aromatic carbocycles. The van der Waals surface area contributed by atoms with Crippen molar-refractivity contribution < 1.29 is 19.0 Å². The lowest BCUT2D eigenvalue weighted by Crippen LogP contribution is -2.42. The van der Waals surface area contributed by atoms with Gasteiger partial charge in [-0.15, -0.1) is 0 Å². The Morgan fingerprint density at radius 2 is 1.80 bits per heavy atom. The first-order valence-electron chi connectivity index (χ1n) is 9.84. The van der Waals surface area contributed by atoms with E-state index in [4.69, 9.17) is 14.2 Å². The van der Waals surface area contributed by atoms with Crippen LogP contribution < -0.4 is 24.8 Å². The van der Waals surface area contributed by atoms with E-state index in [0.717, 1.165) is 11.3 Å². The second-order valence-electron chi connectivity index (χ2n) is 6.97. The van der Waals surface area contributed by atoms with Crippen LogP contribution in [0.1, 0.15) is 11.6 Å². The lowest BCUT2D eigenvalue weighted by atomic mass is 10.1. The van der Waals surface area contributed by atoms with Gasteiger partial charge >= 0.3 is 0 Å². The summed E-state index contributed by atoms with van der Waals surface area (Å²) >= 11 is 0. The van der Waals surface area contributed by atoms with Gasteiger partial charge in [0, 0.05) is 18.3 Å². The van der Waals surface area contributed by atoms with Crippen LogP contribution in [0.4, 0.5) is 5.69 Å². The van der Waals surface area contributed by atoms with Gasteiger partial charge < -0.3 is 19.5 Å². The van der Waals surface area contributed by atoms with Gasteiger partial charge in [-0.25, -0.2) is 0 Å². The normalized spacial score (nSPS) is 15.8. The third kappa shape index (κ3) is 4.72. The standard InChI is InChI=1S/C24H24N2O4/c1-28-19-11-7-10-18(14-19)26-24(27)23(17-8-3-2-4-9-17)25-15-20-16-29-21-12-5-6-13-22(21)30-20/h2-14,20,23,25H,15-16H2,1H3,(H,26,27). The minimum absolute atomic E-state index is 0.161. The molecule has 0 fully saturated rings. The first-order chi connectivity index (χ1) is 14.7. The number of benzene rings is 3. The number of para-hydroxylation sites is 2. The fourth-order valence-electron chi connectivity index (χ4n) is 3.34. The maximum Gasteiger partial charge on any atom is 0.246 e. The van der Waals surface area contributed by atoms with Gasteiger partial charge in [-0.1, -0.05) is 48.5 Å². The molecule has 6 nitrogen and oxygen atoms in total. The highest BCUT2D eigenvalue weighted by atomic mass is 16.6. The predicted octanol–water partition coefficient (Wildman–Crippen LogP) is 3.80. The van der Waals surface area contributed by atoms with E-state index in [0.29, 0.717) is 30.3 Å². The molecule has 2 unspecified atom stereocenters. The average Bonchev–Trinajstić information content (AvgIpc) is 2.80. The van der Waals surface area contributed by atoms with Gasteiger partial charge in [-0.2, -0.15) is 0 Å². The second-order valence-corrected chi connectivity index (χ2v) is 6.97. The summed E-state index contributed by atoms with van der Waals surface area (Å²) in [6.45, 7) is 0.877.